The minimum Gasteiger partial charge on any atom is -0.379 e. The van der Waals surface area contributed by atoms with Crippen LogP contribution in [0.4, 0.5) is 5.69 Å². The molecule has 9 heteroatoms. The van der Waals surface area contributed by atoms with Crippen LogP contribution in [-0.4, -0.2) is 63.3 Å². The molecule has 138 valence electrons. The number of likely N-dealkylation sites (N-methyl/N-ethyl adjacent to an activating group) is 1. The van der Waals surface area contributed by atoms with E-state index in [1.165, 1.54) is 11.9 Å². The van der Waals surface area contributed by atoms with Crippen LogP contribution < -0.4 is 16.0 Å². The maximum Gasteiger partial charge on any atom is 0.239 e. The van der Waals surface area contributed by atoms with Gasteiger partial charge in [0.15, 0.2) is 0 Å². The summed E-state index contributed by atoms with van der Waals surface area (Å²) in [6, 6.07) is 4.59. The number of rotatable bonds is 4. The first kappa shape index (κ1) is 18.1. The monoisotopic (exact) mass is 352 g/mol. The summed E-state index contributed by atoms with van der Waals surface area (Å²) in [4.78, 5) is 12.9. The number of benzene rings is 1. The number of anilines is 1. The highest BCUT2D eigenvalue weighted by Gasteiger charge is 2.45. The smallest absolute Gasteiger partial charge is 0.239 e. The number of nitrogens with zero attached hydrogens (tertiary/aromatic N) is 1. The Hall–Kier alpha value is -1.75. The normalized spacial score (nSPS) is 32.3. The van der Waals surface area contributed by atoms with Crippen LogP contribution in [0.2, 0.25) is 0 Å². The summed E-state index contributed by atoms with van der Waals surface area (Å²) in [5.41, 5.74) is 1.55. The van der Waals surface area contributed by atoms with Crippen molar-refractivity contribution in [2.75, 3.05) is 18.9 Å². The Morgan fingerprint density at radius 1 is 1.24 bits per heavy atom. The molecule has 0 saturated carbocycles. The van der Waals surface area contributed by atoms with Crippen LogP contribution in [0.5, 0.6) is 0 Å². The average molecular weight is 352 g/mol. The highest BCUT2D eigenvalue weighted by molar-refractivity contribution is 5.80. The van der Waals surface area contributed by atoms with E-state index in [0.29, 0.717) is 29.7 Å². The van der Waals surface area contributed by atoms with Gasteiger partial charge in [-0.25, -0.2) is 4.90 Å². The molecule has 0 spiro atoms. The summed E-state index contributed by atoms with van der Waals surface area (Å²) in [6.07, 6.45) is -3.31. The largest absolute Gasteiger partial charge is 0.379 e. The Bertz CT molecular complexity index is 643. The predicted octanol–water partition coefficient (Wildman–Crippen LogP) is -1.47. The molecule has 0 bridgehead atoms. The van der Waals surface area contributed by atoms with Crippen molar-refractivity contribution in [2.24, 2.45) is 0 Å². The van der Waals surface area contributed by atoms with Gasteiger partial charge < -0.3 is 31.1 Å². The second-order valence-electron chi connectivity index (χ2n) is 6.30. The van der Waals surface area contributed by atoms with Gasteiger partial charge in [-0.2, -0.15) is 0 Å². The fraction of sp³-hybridized carbons (Fsp3) is 0.562. The number of nitrogens with one attached hydrogen (secondary N) is 3. The lowest BCUT2D eigenvalue weighted by Gasteiger charge is -2.40. The van der Waals surface area contributed by atoms with E-state index in [-0.39, 0.29) is 12.5 Å². The van der Waals surface area contributed by atoms with Crippen LogP contribution in [-0.2, 0) is 4.79 Å². The zero-order chi connectivity index (χ0) is 18.1. The average Bonchev–Trinajstić information content (AvgIpc) is 2.85. The van der Waals surface area contributed by atoms with Gasteiger partial charge in [-0.1, -0.05) is 12.1 Å². The number of hydrogen-bond acceptors (Lipinski definition) is 8. The molecule has 5 unspecified atom stereocenters. The van der Waals surface area contributed by atoms with E-state index in [2.05, 4.69) is 16.0 Å². The van der Waals surface area contributed by atoms with Crippen molar-refractivity contribution in [3.8, 4) is 0 Å². The molecule has 9 nitrogen and oxygen atoms in total. The number of aliphatic hydroxyl groups is 4. The summed E-state index contributed by atoms with van der Waals surface area (Å²) < 4.78 is 0. The molecular formula is C16H24N4O5. The fourth-order valence-corrected chi connectivity index (χ4v) is 3.51. The highest BCUT2D eigenvalue weighted by atomic mass is 16.3. The predicted molar refractivity (Wildman–Crippen MR) is 88.9 cm³/mol. The first-order valence-electron chi connectivity index (χ1n) is 8.27. The van der Waals surface area contributed by atoms with Gasteiger partial charge >= 0.3 is 0 Å². The second kappa shape index (κ2) is 7.24. The molecule has 0 aliphatic carbocycles. The lowest BCUT2D eigenvalue weighted by molar-refractivity contribution is -0.158. The molecule has 5 atom stereocenters. The SMILES string of the molecule is CNC(=O)CNc1cccc2c1C(O)N(C1CCC(O)NC1O)C2O. The third-order valence-electron chi connectivity index (χ3n) is 4.81. The van der Waals surface area contributed by atoms with Gasteiger partial charge in [0.25, 0.3) is 0 Å². The summed E-state index contributed by atoms with van der Waals surface area (Å²) in [7, 11) is 1.53. The molecule has 3 rings (SSSR count). The molecule has 1 amide bonds. The maximum absolute atomic E-state index is 11.5. The number of carbonyl (C=O) groups excluding carboxylic acids is 1. The molecule has 1 fully saturated rings. The quantitative estimate of drug-likeness (QED) is 0.349. The van der Waals surface area contributed by atoms with E-state index < -0.39 is 31.0 Å². The molecule has 2 aliphatic rings. The molecule has 7 N–H and O–H groups in total. The minimum atomic E-state index is -1.14. The Labute approximate surface area is 145 Å². The number of piperidine rings is 1. The Morgan fingerprint density at radius 2 is 2.00 bits per heavy atom. The van der Waals surface area contributed by atoms with E-state index >= 15 is 0 Å². The van der Waals surface area contributed by atoms with Crippen molar-refractivity contribution < 1.29 is 25.2 Å². The number of hydrogen-bond donors (Lipinski definition) is 7. The van der Waals surface area contributed by atoms with Crippen molar-refractivity contribution >= 4 is 11.6 Å². The van der Waals surface area contributed by atoms with Gasteiger partial charge in [0.2, 0.25) is 5.91 Å². The van der Waals surface area contributed by atoms with Crippen LogP contribution in [0, 0.1) is 0 Å². The standard InChI is InChI=1S/C16H24N4O5/c1-17-12(22)7-18-9-4-2-3-8-13(9)16(25)20(15(8)24)10-5-6-11(21)19-14(10)23/h2-4,10-11,14-16,18-19,21,23-25H,5-7H2,1H3,(H,17,22). The van der Waals surface area contributed by atoms with Crippen molar-refractivity contribution in [3.05, 3.63) is 29.3 Å². The van der Waals surface area contributed by atoms with Crippen LogP contribution in [0.3, 0.4) is 0 Å². The summed E-state index contributed by atoms with van der Waals surface area (Å²) in [5.74, 6) is -0.205. The number of fused-ring (bicyclic) bond motifs is 1. The van der Waals surface area contributed by atoms with Crippen molar-refractivity contribution in [1.82, 2.24) is 15.5 Å². The zero-order valence-electron chi connectivity index (χ0n) is 13.9. The van der Waals surface area contributed by atoms with Crippen molar-refractivity contribution in [3.63, 3.8) is 0 Å². The maximum atomic E-state index is 11.5. The van der Waals surface area contributed by atoms with E-state index in [9.17, 15) is 25.2 Å². The van der Waals surface area contributed by atoms with Crippen molar-refractivity contribution in [1.29, 1.82) is 0 Å². The highest BCUT2D eigenvalue weighted by Crippen LogP contribution is 2.45. The van der Waals surface area contributed by atoms with Crippen LogP contribution >= 0.6 is 0 Å². The number of aliphatic hydroxyl groups excluding tert-OH is 4. The first-order valence-corrected chi connectivity index (χ1v) is 8.27. The molecular weight excluding hydrogens is 328 g/mol. The lowest BCUT2D eigenvalue weighted by Crippen LogP contribution is -2.57. The van der Waals surface area contributed by atoms with E-state index in [1.807, 2.05) is 0 Å². The number of carbonyl (C=O) groups is 1. The van der Waals surface area contributed by atoms with Crippen molar-refractivity contribution in [2.45, 2.75) is 43.8 Å². The van der Waals surface area contributed by atoms with Gasteiger partial charge in [-0.05, 0) is 18.9 Å². The van der Waals surface area contributed by atoms with E-state index in [4.69, 9.17) is 0 Å². The summed E-state index contributed by atoms with van der Waals surface area (Å²) >= 11 is 0. The zero-order valence-corrected chi connectivity index (χ0v) is 13.9. The molecule has 1 aromatic rings. The first-order chi connectivity index (χ1) is 11.9. The molecule has 2 heterocycles. The Balaban J connectivity index is 1.85. The van der Waals surface area contributed by atoms with Gasteiger partial charge in [0, 0.05) is 23.9 Å². The molecule has 25 heavy (non-hydrogen) atoms. The Morgan fingerprint density at radius 3 is 2.68 bits per heavy atom. The van der Waals surface area contributed by atoms with Gasteiger partial charge in [-0.3, -0.25) is 10.1 Å². The lowest BCUT2D eigenvalue weighted by atomic mass is 10.0. The van der Waals surface area contributed by atoms with E-state index in [1.54, 1.807) is 18.2 Å². The molecule has 0 radical (unpaired) electrons. The Kier molecular flexibility index (Phi) is 5.23. The third-order valence-corrected chi connectivity index (χ3v) is 4.81. The third kappa shape index (κ3) is 3.34. The molecule has 2 aliphatic heterocycles. The van der Waals surface area contributed by atoms with Crippen LogP contribution in [0.15, 0.2) is 18.2 Å². The topological polar surface area (TPSA) is 137 Å². The second-order valence-corrected chi connectivity index (χ2v) is 6.30. The molecule has 1 saturated heterocycles. The van der Waals surface area contributed by atoms with Crippen LogP contribution in [0.1, 0.15) is 36.4 Å². The summed E-state index contributed by atoms with van der Waals surface area (Å²) in [5, 5.41) is 49.3. The van der Waals surface area contributed by atoms with Gasteiger partial charge in [0.1, 0.15) is 24.9 Å². The van der Waals surface area contributed by atoms with Gasteiger partial charge in [0.05, 0.1) is 12.6 Å². The fourth-order valence-electron chi connectivity index (χ4n) is 3.51. The minimum absolute atomic E-state index is 0.0373. The van der Waals surface area contributed by atoms with E-state index in [0.717, 1.165) is 0 Å². The molecule has 1 aromatic carbocycles. The van der Waals surface area contributed by atoms with Gasteiger partial charge in [-0.15, -0.1) is 0 Å². The molecule has 0 aromatic heterocycles. The van der Waals surface area contributed by atoms with Crippen LogP contribution in [0.25, 0.3) is 0 Å². The summed E-state index contributed by atoms with van der Waals surface area (Å²) in [6.45, 7) is 0.0373. The number of amides is 1.